The maximum absolute atomic E-state index is 14.8. The van der Waals surface area contributed by atoms with Gasteiger partial charge in [-0.15, -0.1) is 0 Å². The summed E-state index contributed by atoms with van der Waals surface area (Å²) in [6.45, 7) is 8.51. The van der Waals surface area contributed by atoms with Gasteiger partial charge in [-0.1, -0.05) is 67.2 Å². The summed E-state index contributed by atoms with van der Waals surface area (Å²) in [7, 11) is 0. The van der Waals surface area contributed by atoms with Crippen molar-refractivity contribution in [2.45, 2.75) is 59.8 Å². The normalized spacial score (nSPS) is 17.3. The van der Waals surface area contributed by atoms with Crippen LogP contribution in [0.3, 0.4) is 0 Å². The number of hydrogen-bond donors (Lipinski definition) is 0. The van der Waals surface area contributed by atoms with E-state index in [2.05, 4.69) is 63.5 Å². The van der Waals surface area contributed by atoms with Crippen LogP contribution >= 0.6 is 0 Å². The van der Waals surface area contributed by atoms with E-state index < -0.39 is 0 Å². The molecule has 0 atom stereocenters. The van der Waals surface area contributed by atoms with Gasteiger partial charge < -0.3 is 0 Å². The summed E-state index contributed by atoms with van der Waals surface area (Å²) in [5.41, 5.74) is 7.86. The topological polar surface area (TPSA) is 0 Å². The second-order valence-corrected chi connectivity index (χ2v) is 10.00. The highest BCUT2D eigenvalue weighted by atomic mass is 19.1. The quantitative estimate of drug-likeness (QED) is 0.349. The van der Waals surface area contributed by atoms with Crippen LogP contribution in [0, 0.1) is 62.1 Å². The Morgan fingerprint density at radius 2 is 1.38 bits per heavy atom. The molecule has 3 aromatic carbocycles. The monoisotopic (exact) mass is 448 g/mol. The minimum atomic E-state index is -0.219. The first-order valence-corrected chi connectivity index (χ1v) is 12.4. The molecule has 0 saturated heterocycles. The molecule has 1 fully saturated rings. The van der Waals surface area contributed by atoms with E-state index in [0.717, 1.165) is 45.7 Å². The molecule has 0 radical (unpaired) electrons. The minimum Gasteiger partial charge on any atom is -0.206 e. The van der Waals surface area contributed by atoms with Crippen molar-refractivity contribution in [1.29, 1.82) is 0 Å². The lowest BCUT2D eigenvalue weighted by molar-refractivity contribution is 0.289. The lowest BCUT2D eigenvalue weighted by atomic mass is 9.80. The summed E-state index contributed by atoms with van der Waals surface area (Å²) >= 11 is 0. The average Bonchev–Trinajstić information content (AvgIpc) is 2.81. The maximum atomic E-state index is 14.8. The summed E-state index contributed by atoms with van der Waals surface area (Å²) in [6.07, 6.45) is 6.08. The van der Waals surface area contributed by atoms with E-state index in [-0.39, 0.29) is 5.82 Å². The molecule has 1 heteroatoms. The standard InChI is InChI=1S/C33H33F/c1-23-5-9-27(10-6-23)15-18-32-25(3)19-29(20-26(32)4)13-16-31-17-14-30(22-33(31)34)21-28-11-7-24(2)8-12-28/h5-6,9-10,14,17,19-20,22,24,28H,7-8,11-12,21H2,1-4H3. The fraction of sp³-hybridized carbons (Fsp3) is 0.333. The Morgan fingerprint density at radius 1 is 0.735 bits per heavy atom. The van der Waals surface area contributed by atoms with Gasteiger partial charge >= 0.3 is 0 Å². The summed E-state index contributed by atoms with van der Waals surface area (Å²) in [6, 6.07) is 17.9. The highest BCUT2D eigenvalue weighted by Crippen LogP contribution is 2.30. The van der Waals surface area contributed by atoms with Gasteiger partial charge in [-0.25, -0.2) is 4.39 Å². The Kier molecular flexibility index (Phi) is 7.55. The molecule has 1 aliphatic rings. The van der Waals surface area contributed by atoms with Gasteiger partial charge in [0.15, 0.2) is 0 Å². The van der Waals surface area contributed by atoms with Crippen LogP contribution in [-0.2, 0) is 6.42 Å². The van der Waals surface area contributed by atoms with Gasteiger partial charge in [-0.3, -0.25) is 0 Å². The molecule has 172 valence electrons. The Hall–Kier alpha value is -3.29. The third-order valence-corrected chi connectivity index (χ3v) is 6.95. The van der Waals surface area contributed by atoms with Crippen molar-refractivity contribution in [3.8, 4) is 23.7 Å². The highest BCUT2D eigenvalue weighted by Gasteiger charge is 2.18. The summed E-state index contributed by atoms with van der Waals surface area (Å²) in [5.74, 6) is 14.1. The Balaban J connectivity index is 1.48. The van der Waals surface area contributed by atoms with E-state index in [0.29, 0.717) is 11.5 Å². The zero-order chi connectivity index (χ0) is 24.1. The molecule has 0 aliphatic heterocycles. The van der Waals surface area contributed by atoms with E-state index in [4.69, 9.17) is 0 Å². The average molecular weight is 449 g/mol. The zero-order valence-corrected chi connectivity index (χ0v) is 20.8. The van der Waals surface area contributed by atoms with Gasteiger partial charge in [-0.05, 0) is 105 Å². The molecular weight excluding hydrogens is 415 g/mol. The first kappa shape index (κ1) is 23.9. The van der Waals surface area contributed by atoms with Crippen LogP contribution in [0.1, 0.15) is 77.1 Å². The van der Waals surface area contributed by atoms with Crippen LogP contribution in [0.15, 0.2) is 54.6 Å². The predicted octanol–water partition coefficient (Wildman–Crippen LogP) is 7.92. The fourth-order valence-corrected chi connectivity index (χ4v) is 4.80. The lowest BCUT2D eigenvalue weighted by Crippen LogP contribution is -2.14. The smallest absolute Gasteiger partial charge is 0.139 e. The van der Waals surface area contributed by atoms with Crippen LogP contribution in [0.5, 0.6) is 0 Å². The van der Waals surface area contributed by atoms with E-state index in [1.807, 2.05) is 36.4 Å². The van der Waals surface area contributed by atoms with Crippen molar-refractivity contribution in [1.82, 2.24) is 0 Å². The summed E-state index contributed by atoms with van der Waals surface area (Å²) in [5, 5.41) is 0. The minimum absolute atomic E-state index is 0.219. The Labute approximate surface area is 204 Å². The van der Waals surface area contributed by atoms with E-state index in [1.165, 1.54) is 31.2 Å². The zero-order valence-electron chi connectivity index (χ0n) is 20.8. The molecule has 0 unspecified atom stereocenters. The Morgan fingerprint density at radius 3 is 2.03 bits per heavy atom. The van der Waals surface area contributed by atoms with E-state index >= 15 is 0 Å². The van der Waals surface area contributed by atoms with Crippen molar-refractivity contribution >= 4 is 0 Å². The first-order valence-electron chi connectivity index (χ1n) is 12.4. The molecule has 0 N–H and O–H groups in total. The van der Waals surface area contributed by atoms with Crippen molar-refractivity contribution in [2.24, 2.45) is 11.8 Å². The summed E-state index contributed by atoms with van der Waals surface area (Å²) < 4.78 is 14.8. The van der Waals surface area contributed by atoms with Crippen LogP contribution < -0.4 is 0 Å². The molecule has 0 amide bonds. The van der Waals surface area contributed by atoms with E-state index in [1.54, 1.807) is 6.07 Å². The number of halogens is 1. The van der Waals surface area contributed by atoms with Gasteiger partial charge in [-0.2, -0.15) is 0 Å². The van der Waals surface area contributed by atoms with Gasteiger partial charge in [0.05, 0.1) is 5.56 Å². The van der Waals surface area contributed by atoms with Gasteiger partial charge in [0, 0.05) is 16.7 Å². The first-order chi connectivity index (χ1) is 16.4. The number of benzene rings is 3. The Bertz CT molecular complexity index is 1260. The molecule has 0 bridgehead atoms. The van der Waals surface area contributed by atoms with E-state index in [9.17, 15) is 4.39 Å². The van der Waals surface area contributed by atoms with Crippen molar-refractivity contribution in [2.75, 3.05) is 0 Å². The molecular formula is C33H33F. The van der Waals surface area contributed by atoms with Crippen molar-refractivity contribution in [3.05, 3.63) is 105 Å². The fourth-order valence-electron chi connectivity index (χ4n) is 4.80. The van der Waals surface area contributed by atoms with Crippen LogP contribution in [-0.4, -0.2) is 0 Å². The van der Waals surface area contributed by atoms with Gasteiger partial charge in [0.2, 0.25) is 0 Å². The lowest BCUT2D eigenvalue weighted by Gasteiger charge is -2.26. The molecule has 1 aliphatic carbocycles. The molecule has 0 nitrogen and oxygen atoms in total. The number of aryl methyl sites for hydroxylation is 3. The SMILES string of the molecule is Cc1ccc(C#Cc2c(C)cc(C#Cc3ccc(CC4CCC(C)CC4)cc3F)cc2C)cc1. The molecule has 0 spiro atoms. The largest absolute Gasteiger partial charge is 0.206 e. The highest BCUT2D eigenvalue weighted by molar-refractivity contribution is 5.55. The summed E-state index contributed by atoms with van der Waals surface area (Å²) in [4.78, 5) is 0. The molecule has 1 saturated carbocycles. The van der Waals surface area contributed by atoms with Gasteiger partial charge in [0.1, 0.15) is 5.82 Å². The number of hydrogen-bond acceptors (Lipinski definition) is 0. The molecule has 0 aromatic heterocycles. The van der Waals surface area contributed by atoms with Crippen LogP contribution in [0.25, 0.3) is 0 Å². The van der Waals surface area contributed by atoms with Crippen molar-refractivity contribution in [3.63, 3.8) is 0 Å². The molecule has 0 heterocycles. The number of rotatable bonds is 2. The van der Waals surface area contributed by atoms with Gasteiger partial charge in [0.25, 0.3) is 0 Å². The predicted molar refractivity (Wildman–Crippen MR) is 140 cm³/mol. The maximum Gasteiger partial charge on any atom is 0.139 e. The van der Waals surface area contributed by atoms with Crippen molar-refractivity contribution < 1.29 is 4.39 Å². The molecule has 4 rings (SSSR count). The molecule has 3 aromatic rings. The molecule has 34 heavy (non-hydrogen) atoms. The second kappa shape index (κ2) is 10.8. The third-order valence-electron chi connectivity index (χ3n) is 6.95. The van der Waals surface area contributed by atoms with Crippen LogP contribution in [0.2, 0.25) is 0 Å². The second-order valence-electron chi connectivity index (χ2n) is 10.00. The van der Waals surface area contributed by atoms with Crippen LogP contribution in [0.4, 0.5) is 4.39 Å². The third kappa shape index (κ3) is 6.18.